The number of hydrogen-bond donors (Lipinski definition) is 2. The van der Waals surface area contributed by atoms with Crippen molar-refractivity contribution in [3.8, 4) is 12.3 Å². The van der Waals surface area contributed by atoms with E-state index in [1.807, 2.05) is 45.0 Å². The molecule has 1 fully saturated rings. The van der Waals surface area contributed by atoms with Crippen LogP contribution in [-0.2, 0) is 4.74 Å². The third-order valence-electron chi connectivity index (χ3n) is 5.61. The largest absolute Gasteiger partial charge is 0.444 e. The van der Waals surface area contributed by atoms with Crippen molar-refractivity contribution in [2.24, 2.45) is 0 Å². The van der Waals surface area contributed by atoms with Gasteiger partial charge in [-0.25, -0.2) is 4.79 Å². The lowest BCUT2D eigenvalue weighted by molar-refractivity contribution is 0.00827. The van der Waals surface area contributed by atoms with Crippen LogP contribution in [0.25, 0.3) is 0 Å². The van der Waals surface area contributed by atoms with Crippen LogP contribution in [0.1, 0.15) is 44.0 Å². The van der Waals surface area contributed by atoms with Crippen molar-refractivity contribution < 1.29 is 9.53 Å². The number of rotatable bonds is 6. The maximum absolute atomic E-state index is 12.6. The number of benzene rings is 2. The first-order chi connectivity index (χ1) is 16.3. The van der Waals surface area contributed by atoms with Gasteiger partial charge in [0.05, 0.1) is 18.6 Å². The molecule has 0 aromatic heterocycles. The Hall–Kier alpha value is -3.08. The predicted molar refractivity (Wildman–Crippen MR) is 140 cm³/mol. The Bertz CT molecular complexity index is 977. The van der Waals surface area contributed by atoms with Crippen LogP contribution in [0.2, 0.25) is 0 Å². The van der Waals surface area contributed by atoms with Gasteiger partial charge in [0.2, 0.25) is 0 Å². The number of terminal acetylenes is 1. The molecule has 7 heteroatoms. The summed E-state index contributed by atoms with van der Waals surface area (Å²) in [5, 5.41) is 7.10. The van der Waals surface area contributed by atoms with E-state index >= 15 is 0 Å². The van der Waals surface area contributed by atoms with E-state index in [4.69, 9.17) is 23.4 Å². The quantitative estimate of drug-likeness (QED) is 0.481. The monoisotopic (exact) mass is 478 g/mol. The maximum Gasteiger partial charge on any atom is 0.410 e. The normalized spacial score (nSPS) is 16.1. The molecule has 2 N–H and O–H groups in total. The molecule has 6 nitrogen and oxygen atoms in total. The molecule has 180 valence electrons. The van der Waals surface area contributed by atoms with E-state index < -0.39 is 5.60 Å². The summed E-state index contributed by atoms with van der Waals surface area (Å²) in [5.74, 6) is 2.57. The first-order valence-electron chi connectivity index (χ1n) is 11.6. The van der Waals surface area contributed by atoms with Crippen LogP contribution in [0.4, 0.5) is 4.79 Å². The minimum atomic E-state index is -0.510. The van der Waals surface area contributed by atoms with Gasteiger partial charge in [-0.05, 0) is 44.1 Å². The average molecular weight is 479 g/mol. The Labute approximate surface area is 208 Å². The van der Waals surface area contributed by atoms with Crippen molar-refractivity contribution in [1.29, 1.82) is 0 Å². The lowest BCUT2D eigenvalue weighted by Crippen LogP contribution is -2.53. The molecule has 34 heavy (non-hydrogen) atoms. The number of amides is 1. The zero-order chi connectivity index (χ0) is 24.6. The highest BCUT2D eigenvalue weighted by atomic mass is 32.1. The van der Waals surface area contributed by atoms with Crippen molar-refractivity contribution in [3.63, 3.8) is 0 Å². The van der Waals surface area contributed by atoms with Gasteiger partial charge in [-0.1, -0.05) is 66.6 Å². The second-order valence-corrected chi connectivity index (χ2v) is 9.69. The third-order valence-corrected chi connectivity index (χ3v) is 5.87. The topological polar surface area (TPSA) is 56.8 Å². The van der Waals surface area contributed by atoms with Crippen LogP contribution in [0.3, 0.4) is 0 Å². The fourth-order valence-electron chi connectivity index (χ4n) is 4.10. The average Bonchev–Trinajstić information content (AvgIpc) is 2.83. The van der Waals surface area contributed by atoms with Crippen LogP contribution in [0.15, 0.2) is 60.7 Å². The summed E-state index contributed by atoms with van der Waals surface area (Å²) in [5.41, 5.74) is 1.79. The fraction of sp³-hybridized carbons (Fsp3) is 0.407. The second-order valence-electron chi connectivity index (χ2n) is 9.28. The van der Waals surface area contributed by atoms with Crippen LogP contribution in [0, 0.1) is 12.3 Å². The molecular formula is C27H34N4O2S. The lowest BCUT2D eigenvalue weighted by Gasteiger charge is -2.43. The fourth-order valence-corrected chi connectivity index (χ4v) is 4.30. The number of thiocarbonyl (C=S) groups is 1. The maximum atomic E-state index is 12.6. The van der Waals surface area contributed by atoms with Crippen molar-refractivity contribution in [2.45, 2.75) is 38.5 Å². The Morgan fingerprint density at radius 3 is 2.12 bits per heavy atom. The summed E-state index contributed by atoms with van der Waals surface area (Å²) in [6.07, 6.45) is 5.15. The number of nitrogens with one attached hydrogen (secondary N) is 2. The van der Waals surface area contributed by atoms with Crippen molar-refractivity contribution in [1.82, 2.24) is 20.4 Å². The molecule has 1 saturated heterocycles. The van der Waals surface area contributed by atoms with Crippen molar-refractivity contribution in [3.05, 3.63) is 71.8 Å². The molecule has 3 rings (SSSR count). The van der Waals surface area contributed by atoms with Gasteiger partial charge in [0.15, 0.2) is 5.11 Å². The first kappa shape index (κ1) is 25.5. The highest BCUT2D eigenvalue weighted by Crippen LogP contribution is 2.35. The molecule has 0 bridgehead atoms. The SMILES string of the molecule is C#CCNC(=S)NC(c1ccccc1)C(c1ccccc1)N1CCN(C(=O)OC(C)(C)C)CC1. The molecule has 0 radical (unpaired) electrons. The number of nitrogens with zero attached hydrogens (tertiary/aromatic N) is 2. The van der Waals surface area contributed by atoms with E-state index in [-0.39, 0.29) is 18.2 Å². The molecule has 1 amide bonds. The van der Waals surface area contributed by atoms with Gasteiger partial charge < -0.3 is 20.3 Å². The molecule has 1 aliphatic rings. The molecule has 0 saturated carbocycles. The number of carbonyl (C=O) groups is 1. The Morgan fingerprint density at radius 2 is 1.59 bits per heavy atom. The van der Waals surface area contributed by atoms with Crippen molar-refractivity contribution in [2.75, 3.05) is 32.7 Å². The second kappa shape index (κ2) is 11.9. The van der Waals surface area contributed by atoms with Crippen LogP contribution < -0.4 is 10.6 Å². The summed E-state index contributed by atoms with van der Waals surface area (Å²) < 4.78 is 5.58. The molecule has 2 atom stereocenters. The van der Waals surface area contributed by atoms with Gasteiger partial charge in [-0.15, -0.1) is 6.42 Å². The van der Waals surface area contributed by atoms with Crippen LogP contribution in [-0.4, -0.2) is 59.3 Å². The minimum absolute atomic E-state index is 0.00466. The number of piperazine rings is 1. The molecule has 0 aliphatic carbocycles. The van der Waals surface area contributed by atoms with Gasteiger partial charge in [0, 0.05) is 26.2 Å². The van der Waals surface area contributed by atoms with Crippen molar-refractivity contribution >= 4 is 23.4 Å². The summed E-state index contributed by atoms with van der Waals surface area (Å²) in [6, 6.07) is 20.6. The van der Waals surface area contributed by atoms with Gasteiger partial charge >= 0.3 is 6.09 Å². The van der Waals surface area contributed by atoms with Gasteiger partial charge in [0.1, 0.15) is 5.60 Å². The van der Waals surface area contributed by atoms with Gasteiger partial charge in [0.25, 0.3) is 0 Å². The highest BCUT2D eigenvalue weighted by molar-refractivity contribution is 7.80. The molecular weight excluding hydrogens is 444 g/mol. The van der Waals surface area contributed by atoms with E-state index in [1.54, 1.807) is 4.90 Å². The van der Waals surface area contributed by atoms with E-state index in [2.05, 4.69) is 57.9 Å². The smallest absolute Gasteiger partial charge is 0.410 e. The Kier molecular flexibility index (Phi) is 8.91. The molecule has 2 aromatic rings. The lowest BCUT2D eigenvalue weighted by atomic mass is 9.91. The highest BCUT2D eigenvalue weighted by Gasteiger charge is 2.34. The molecule has 1 aliphatic heterocycles. The summed E-state index contributed by atoms with van der Waals surface area (Å²) in [7, 11) is 0. The number of hydrogen-bond acceptors (Lipinski definition) is 4. The van der Waals surface area contributed by atoms with E-state index in [0.29, 0.717) is 37.8 Å². The summed E-state index contributed by atoms with van der Waals surface area (Å²) in [4.78, 5) is 16.8. The van der Waals surface area contributed by atoms with Gasteiger partial charge in [-0.2, -0.15) is 0 Å². The van der Waals surface area contributed by atoms with E-state index in [0.717, 1.165) is 5.56 Å². The minimum Gasteiger partial charge on any atom is -0.444 e. The third kappa shape index (κ3) is 7.21. The summed E-state index contributed by atoms with van der Waals surface area (Å²) in [6.45, 7) is 8.65. The first-order valence-corrected chi connectivity index (χ1v) is 12.0. The zero-order valence-corrected chi connectivity index (χ0v) is 21.0. The molecule has 1 heterocycles. The predicted octanol–water partition coefficient (Wildman–Crippen LogP) is 4.12. The summed E-state index contributed by atoms with van der Waals surface area (Å²) >= 11 is 5.56. The standard InChI is InChI=1S/C27H34N4O2S/c1-5-16-28-25(34)29-23(21-12-8-6-9-13-21)24(22-14-10-7-11-15-22)30-17-19-31(20-18-30)26(32)33-27(2,3)4/h1,6-15,23-24H,16-20H2,2-4H3,(H2,28,29,34). The molecule has 2 aromatic carbocycles. The van der Waals surface area contributed by atoms with E-state index in [1.165, 1.54) is 5.56 Å². The van der Waals surface area contributed by atoms with Gasteiger partial charge in [-0.3, -0.25) is 4.90 Å². The Morgan fingerprint density at radius 1 is 1.03 bits per heavy atom. The number of carbonyl (C=O) groups excluding carboxylic acids is 1. The zero-order valence-electron chi connectivity index (χ0n) is 20.2. The molecule has 2 unspecified atom stereocenters. The van der Waals surface area contributed by atoms with Crippen LogP contribution >= 0.6 is 12.2 Å². The number of ether oxygens (including phenoxy) is 1. The van der Waals surface area contributed by atoms with Crippen LogP contribution in [0.5, 0.6) is 0 Å². The van der Waals surface area contributed by atoms with E-state index in [9.17, 15) is 4.79 Å². The Balaban J connectivity index is 1.86. The molecule has 0 spiro atoms.